The molecule has 0 fully saturated rings. The van der Waals surface area contributed by atoms with Gasteiger partial charge in [-0.1, -0.05) is 12.1 Å². The maximum absolute atomic E-state index is 13.8. The van der Waals surface area contributed by atoms with E-state index >= 15 is 0 Å². The molecule has 2 amide bonds. The van der Waals surface area contributed by atoms with E-state index in [9.17, 15) is 14.0 Å². The molecule has 0 aliphatic carbocycles. The number of carbonyl (C=O) groups is 2. The zero-order valence-electron chi connectivity index (χ0n) is 14.8. The average molecular weight is 366 g/mol. The fourth-order valence-corrected chi connectivity index (χ4v) is 2.62. The van der Waals surface area contributed by atoms with Gasteiger partial charge in [-0.05, 0) is 48.5 Å². The number of amides is 2. The first-order valence-corrected chi connectivity index (χ1v) is 8.52. The van der Waals surface area contributed by atoms with Crippen LogP contribution in [0.1, 0.15) is 19.1 Å². The Bertz CT molecular complexity index is 948. The molecule has 5 nitrogen and oxygen atoms in total. The molecule has 2 aromatic carbocycles. The molecule has 27 heavy (non-hydrogen) atoms. The summed E-state index contributed by atoms with van der Waals surface area (Å²) in [7, 11) is 0. The first kappa shape index (κ1) is 18.4. The van der Waals surface area contributed by atoms with Crippen LogP contribution in [0.3, 0.4) is 0 Å². The summed E-state index contributed by atoms with van der Waals surface area (Å²) in [5.74, 6) is 0.395. The van der Waals surface area contributed by atoms with Gasteiger partial charge in [0.15, 0.2) is 0 Å². The topological polar surface area (TPSA) is 71.3 Å². The average Bonchev–Trinajstić information content (AvgIpc) is 3.10. The van der Waals surface area contributed by atoms with Crippen LogP contribution in [0, 0.1) is 5.82 Å². The Balaban J connectivity index is 1.54. The highest BCUT2D eigenvalue weighted by molar-refractivity contribution is 5.92. The fraction of sp³-hybridized carbons (Fsp3) is 0.143. The quantitative estimate of drug-likeness (QED) is 0.669. The SMILES string of the molecule is CC(=O)Nc1ccc(NC(=O)CCc2ccc(-c3ccccc3F)o2)cc1. The van der Waals surface area contributed by atoms with Crippen LogP contribution in [0.5, 0.6) is 0 Å². The van der Waals surface area contributed by atoms with Gasteiger partial charge in [0, 0.05) is 31.1 Å². The molecular formula is C21H19FN2O3. The van der Waals surface area contributed by atoms with E-state index in [4.69, 9.17) is 4.42 Å². The fourth-order valence-electron chi connectivity index (χ4n) is 2.62. The van der Waals surface area contributed by atoms with Crippen LogP contribution in [0.25, 0.3) is 11.3 Å². The lowest BCUT2D eigenvalue weighted by atomic mass is 10.1. The zero-order chi connectivity index (χ0) is 19.2. The van der Waals surface area contributed by atoms with Crippen LogP contribution in [-0.4, -0.2) is 11.8 Å². The Labute approximate surface area is 156 Å². The lowest BCUT2D eigenvalue weighted by molar-refractivity contribution is -0.116. The third-order valence-electron chi connectivity index (χ3n) is 3.89. The Kier molecular flexibility index (Phi) is 5.66. The standard InChI is InChI=1S/C21H19FN2O3/c1-14(25)23-15-6-8-16(9-7-15)24-21(26)13-11-17-10-12-20(27-17)18-4-2-3-5-19(18)22/h2-10,12H,11,13H2,1H3,(H,23,25)(H,24,26). The van der Waals surface area contributed by atoms with Crippen molar-refractivity contribution in [2.24, 2.45) is 0 Å². The van der Waals surface area contributed by atoms with E-state index in [-0.39, 0.29) is 24.1 Å². The summed E-state index contributed by atoms with van der Waals surface area (Å²) >= 11 is 0. The molecule has 1 aromatic heterocycles. The minimum Gasteiger partial charge on any atom is -0.461 e. The number of carbonyl (C=O) groups excluding carboxylic acids is 2. The van der Waals surface area contributed by atoms with Crippen LogP contribution in [-0.2, 0) is 16.0 Å². The van der Waals surface area contributed by atoms with Crippen LogP contribution >= 0.6 is 0 Å². The number of furan rings is 1. The van der Waals surface area contributed by atoms with Crippen molar-refractivity contribution in [2.75, 3.05) is 10.6 Å². The van der Waals surface area contributed by atoms with Gasteiger partial charge in [0.25, 0.3) is 0 Å². The molecule has 0 radical (unpaired) electrons. The van der Waals surface area contributed by atoms with Crippen molar-refractivity contribution in [3.63, 3.8) is 0 Å². The highest BCUT2D eigenvalue weighted by atomic mass is 19.1. The van der Waals surface area contributed by atoms with Crippen molar-refractivity contribution < 1.29 is 18.4 Å². The largest absolute Gasteiger partial charge is 0.461 e. The maximum atomic E-state index is 13.8. The Morgan fingerprint density at radius 2 is 1.59 bits per heavy atom. The van der Waals surface area contributed by atoms with E-state index in [1.54, 1.807) is 54.6 Å². The Morgan fingerprint density at radius 3 is 2.26 bits per heavy atom. The summed E-state index contributed by atoms with van der Waals surface area (Å²) in [5.41, 5.74) is 1.70. The molecule has 0 aliphatic heterocycles. The van der Waals surface area contributed by atoms with Gasteiger partial charge in [0.05, 0.1) is 5.56 Å². The van der Waals surface area contributed by atoms with E-state index in [1.807, 2.05) is 0 Å². The minimum atomic E-state index is -0.348. The van der Waals surface area contributed by atoms with Crippen LogP contribution < -0.4 is 10.6 Å². The molecule has 0 aliphatic rings. The van der Waals surface area contributed by atoms with Crippen molar-refractivity contribution in [1.82, 2.24) is 0 Å². The van der Waals surface area contributed by atoms with E-state index in [0.29, 0.717) is 34.9 Å². The Hall–Kier alpha value is -3.41. The van der Waals surface area contributed by atoms with Crippen molar-refractivity contribution in [3.05, 3.63) is 72.2 Å². The summed E-state index contributed by atoms with van der Waals surface area (Å²) in [6.45, 7) is 1.43. The van der Waals surface area contributed by atoms with E-state index in [0.717, 1.165) is 0 Å². The lowest BCUT2D eigenvalue weighted by Crippen LogP contribution is -2.12. The molecule has 1 heterocycles. The predicted octanol–water partition coefficient (Wildman–Crippen LogP) is 4.62. The number of halogens is 1. The van der Waals surface area contributed by atoms with E-state index in [1.165, 1.54) is 13.0 Å². The van der Waals surface area contributed by atoms with Gasteiger partial charge in [-0.3, -0.25) is 9.59 Å². The molecule has 0 saturated carbocycles. The molecule has 0 unspecified atom stereocenters. The number of hydrogen-bond acceptors (Lipinski definition) is 3. The van der Waals surface area contributed by atoms with Crippen LogP contribution in [0.15, 0.2) is 65.1 Å². The van der Waals surface area contributed by atoms with Gasteiger partial charge in [-0.25, -0.2) is 4.39 Å². The van der Waals surface area contributed by atoms with Gasteiger partial charge in [-0.15, -0.1) is 0 Å². The molecule has 0 spiro atoms. The summed E-state index contributed by atoms with van der Waals surface area (Å²) in [4.78, 5) is 23.1. The highest BCUT2D eigenvalue weighted by Gasteiger charge is 2.10. The second kappa shape index (κ2) is 8.31. The van der Waals surface area contributed by atoms with E-state index < -0.39 is 0 Å². The normalized spacial score (nSPS) is 10.4. The number of nitrogens with one attached hydrogen (secondary N) is 2. The van der Waals surface area contributed by atoms with Crippen LogP contribution in [0.4, 0.5) is 15.8 Å². The molecule has 3 aromatic rings. The summed E-state index contributed by atoms with van der Waals surface area (Å²) in [6, 6.07) is 16.7. The molecule has 6 heteroatoms. The predicted molar refractivity (Wildman–Crippen MR) is 102 cm³/mol. The van der Waals surface area contributed by atoms with Crippen molar-refractivity contribution in [1.29, 1.82) is 0 Å². The van der Waals surface area contributed by atoms with Crippen molar-refractivity contribution in [3.8, 4) is 11.3 Å². The zero-order valence-corrected chi connectivity index (χ0v) is 14.8. The molecule has 0 atom stereocenters. The highest BCUT2D eigenvalue weighted by Crippen LogP contribution is 2.25. The maximum Gasteiger partial charge on any atom is 0.224 e. The van der Waals surface area contributed by atoms with Crippen molar-refractivity contribution in [2.45, 2.75) is 19.8 Å². The van der Waals surface area contributed by atoms with E-state index in [2.05, 4.69) is 10.6 Å². The summed E-state index contributed by atoms with van der Waals surface area (Å²) in [6.07, 6.45) is 0.641. The van der Waals surface area contributed by atoms with Crippen LogP contribution in [0.2, 0.25) is 0 Å². The number of aryl methyl sites for hydroxylation is 1. The molecule has 3 rings (SSSR count). The van der Waals surface area contributed by atoms with Gasteiger partial charge in [0.2, 0.25) is 11.8 Å². The number of anilines is 2. The molecular weight excluding hydrogens is 347 g/mol. The molecule has 0 saturated heterocycles. The third kappa shape index (κ3) is 5.04. The lowest BCUT2D eigenvalue weighted by Gasteiger charge is -2.06. The summed E-state index contributed by atoms with van der Waals surface area (Å²) in [5, 5.41) is 5.45. The third-order valence-corrected chi connectivity index (χ3v) is 3.89. The first-order valence-electron chi connectivity index (χ1n) is 8.52. The second-order valence-electron chi connectivity index (χ2n) is 6.05. The van der Waals surface area contributed by atoms with Gasteiger partial charge < -0.3 is 15.1 Å². The molecule has 0 bridgehead atoms. The van der Waals surface area contributed by atoms with Gasteiger partial charge in [0.1, 0.15) is 17.3 Å². The number of hydrogen-bond donors (Lipinski definition) is 2. The smallest absolute Gasteiger partial charge is 0.224 e. The van der Waals surface area contributed by atoms with Crippen molar-refractivity contribution >= 4 is 23.2 Å². The van der Waals surface area contributed by atoms with Gasteiger partial charge >= 0.3 is 0 Å². The minimum absolute atomic E-state index is 0.153. The second-order valence-corrected chi connectivity index (χ2v) is 6.05. The first-order chi connectivity index (χ1) is 13.0. The summed E-state index contributed by atoms with van der Waals surface area (Å²) < 4.78 is 19.4. The molecule has 2 N–H and O–H groups in total. The Morgan fingerprint density at radius 1 is 0.926 bits per heavy atom. The number of benzene rings is 2. The van der Waals surface area contributed by atoms with Gasteiger partial charge in [-0.2, -0.15) is 0 Å². The number of rotatable bonds is 6. The molecule has 138 valence electrons. The monoisotopic (exact) mass is 366 g/mol.